The second kappa shape index (κ2) is 15.5. The Hall–Kier alpha value is -3.31. The number of Topliss-reactive ketones (excluding diaryl/α,β-unsaturated/α-hetero) is 2. The van der Waals surface area contributed by atoms with Crippen LogP contribution < -0.4 is 10.1 Å². The number of hydrogen-bond acceptors (Lipinski definition) is 5. The minimum absolute atomic E-state index is 0.0858. The second-order valence-corrected chi connectivity index (χ2v) is 12.4. The topological polar surface area (TPSA) is 68.3 Å². The van der Waals surface area contributed by atoms with Gasteiger partial charge in [0.2, 0.25) is 0 Å². The normalized spacial score (nSPS) is 13.2. The lowest BCUT2D eigenvalue weighted by Gasteiger charge is -2.24. The molecule has 2 atom stereocenters. The Morgan fingerprint density at radius 3 is 2.17 bits per heavy atom. The lowest BCUT2D eigenvalue weighted by Crippen LogP contribution is -2.41. The summed E-state index contributed by atoms with van der Waals surface area (Å²) >= 11 is 0. The Morgan fingerprint density at radius 1 is 0.850 bits per heavy atom. The molecule has 0 saturated heterocycles. The number of nitrogens with zero attached hydrogens (tertiary/aromatic N) is 1. The van der Waals surface area contributed by atoms with Crippen LogP contribution in [-0.2, 0) is 29.0 Å². The third kappa shape index (κ3) is 11.4. The summed E-state index contributed by atoms with van der Waals surface area (Å²) in [5.74, 6) is 1.19. The molecule has 0 radical (unpaired) electrons. The minimum Gasteiger partial charge on any atom is -0.489 e. The largest absolute Gasteiger partial charge is 0.489 e. The average molecular weight is 543 g/mol. The Balaban J connectivity index is 1.71. The van der Waals surface area contributed by atoms with Crippen LogP contribution in [-0.4, -0.2) is 29.1 Å². The van der Waals surface area contributed by atoms with E-state index in [4.69, 9.17) is 4.74 Å². The third-order valence-electron chi connectivity index (χ3n) is 6.92. The number of ketones is 2. The number of benzene rings is 2. The Morgan fingerprint density at radius 2 is 1.55 bits per heavy atom. The number of ether oxygens (including phenoxy) is 1. The summed E-state index contributed by atoms with van der Waals surface area (Å²) < 4.78 is 5.94. The maximum Gasteiger partial charge on any atom is 0.150 e. The fourth-order valence-electron chi connectivity index (χ4n) is 4.70. The Bertz CT molecular complexity index is 1170. The molecule has 3 rings (SSSR count). The van der Waals surface area contributed by atoms with E-state index in [9.17, 15) is 9.59 Å². The van der Waals surface area contributed by atoms with Crippen molar-refractivity contribution in [2.24, 2.45) is 17.3 Å². The van der Waals surface area contributed by atoms with Gasteiger partial charge in [0.1, 0.15) is 18.1 Å². The lowest BCUT2D eigenvalue weighted by molar-refractivity contribution is -0.130. The summed E-state index contributed by atoms with van der Waals surface area (Å²) in [6.45, 7) is 11.8. The zero-order valence-electron chi connectivity index (χ0n) is 24.9. The summed E-state index contributed by atoms with van der Waals surface area (Å²) in [6.07, 6.45) is 6.31. The number of rotatable bonds is 16. The molecule has 0 spiro atoms. The molecule has 5 nitrogen and oxygen atoms in total. The van der Waals surface area contributed by atoms with Crippen molar-refractivity contribution < 1.29 is 14.3 Å². The van der Waals surface area contributed by atoms with Gasteiger partial charge < -0.3 is 10.1 Å². The maximum absolute atomic E-state index is 13.7. The first-order valence-electron chi connectivity index (χ1n) is 14.5. The molecule has 0 amide bonds. The molecule has 40 heavy (non-hydrogen) atoms. The second-order valence-electron chi connectivity index (χ2n) is 12.4. The van der Waals surface area contributed by atoms with E-state index in [2.05, 4.69) is 44.9 Å². The van der Waals surface area contributed by atoms with Crippen LogP contribution in [0.25, 0.3) is 0 Å². The molecule has 0 saturated carbocycles. The number of hydrogen-bond donors (Lipinski definition) is 1. The van der Waals surface area contributed by atoms with Crippen LogP contribution >= 0.6 is 0 Å². The van der Waals surface area contributed by atoms with E-state index in [1.807, 2.05) is 72.9 Å². The van der Waals surface area contributed by atoms with E-state index in [-0.39, 0.29) is 35.4 Å². The molecular weight excluding hydrogens is 496 g/mol. The SMILES string of the molecule is CC(C)CCN[C@@H](Cc1cccnc1)C(=O)C[C@@H](Cc1ccc(OCc2ccccc2)cc1)C(=O)CC(C)(C)C. The van der Waals surface area contributed by atoms with Gasteiger partial charge >= 0.3 is 0 Å². The molecule has 0 fully saturated rings. The van der Waals surface area contributed by atoms with E-state index in [1.54, 1.807) is 6.20 Å². The van der Waals surface area contributed by atoms with E-state index >= 15 is 0 Å². The molecule has 5 heteroatoms. The molecule has 0 aliphatic carbocycles. The van der Waals surface area contributed by atoms with Gasteiger partial charge in [-0.15, -0.1) is 0 Å². The molecule has 1 aromatic heterocycles. The van der Waals surface area contributed by atoms with Crippen molar-refractivity contribution >= 4 is 11.6 Å². The molecule has 0 aliphatic heterocycles. The molecule has 0 bridgehead atoms. The predicted octanol–water partition coefficient (Wildman–Crippen LogP) is 7.03. The van der Waals surface area contributed by atoms with Crippen molar-refractivity contribution in [3.05, 3.63) is 95.8 Å². The van der Waals surface area contributed by atoms with E-state index < -0.39 is 0 Å². The smallest absolute Gasteiger partial charge is 0.150 e. The number of carbonyl (C=O) groups is 2. The highest BCUT2D eigenvalue weighted by Crippen LogP contribution is 2.26. The van der Waals surface area contributed by atoms with Gasteiger partial charge in [-0.05, 0) is 72.0 Å². The van der Waals surface area contributed by atoms with Crippen LogP contribution in [0.5, 0.6) is 5.75 Å². The van der Waals surface area contributed by atoms with Gasteiger partial charge in [0, 0.05) is 31.2 Å². The average Bonchev–Trinajstić information content (AvgIpc) is 2.91. The van der Waals surface area contributed by atoms with E-state index in [1.165, 1.54) is 0 Å². The predicted molar refractivity (Wildman–Crippen MR) is 162 cm³/mol. The first-order chi connectivity index (χ1) is 19.1. The van der Waals surface area contributed by atoms with Crippen molar-refractivity contribution in [2.45, 2.75) is 79.4 Å². The van der Waals surface area contributed by atoms with Gasteiger partial charge in [-0.25, -0.2) is 0 Å². The Labute approximate surface area is 240 Å². The first kappa shape index (κ1) is 31.2. The number of carbonyl (C=O) groups excluding carboxylic acids is 2. The van der Waals surface area contributed by atoms with E-state index in [0.717, 1.165) is 35.4 Å². The van der Waals surface area contributed by atoms with Gasteiger partial charge in [-0.1, -0.05) is 83.1 Å². The van der Waals surface area contributed by atoms with Crippen LogP contribution in [0, 0.1) is 17.3 Å². The zero-order valence-corrected chi connectivity index (χ0v) is 24.9. The number of pyridine rings is 1. The molecule has 2 aromatic carbocycles. The van der Waals surface area contributed by atoms with Crippen LogP contribution in [0.4, 0.5) is 0 Å². The summed E-state index contributed by atoms with van der Waals surface area (Å²) in [7, 11) is 0. The van der Waals surface area contributed by atoms with Gasteiger partial charge in [-0.3, -0.25) is 14.6 Å². The minimum atomic E-state index is -0.369. The molecule has 1 heterocycles. The van der Waals surface area contributed by atoms with Crippen molar-refractivity contribution in [1.82, 2.24) is 10.3 Å². The molecule has 0 aliphatic rings. The Kier molecular flexibility index (Phi) is 12.1. The molecule has 1 N–H and O–H groups in total. The molecular formula is C35H46N2O3. The standard InChI is InChI=1S/C35H46N2O3/c1-26(2)17-19-37-32(21-29-12-9-18-36-24-29)33(38)22-30(34(39)23-35(3,4)5)20-27-13-15-31(16-14-27)40-25-28-10-7-6-8-11-28/h6-16,18,24,26,30,32,37H,17,19-23,25H2,1-5H3/t30-,32+/m1/s1. The molecule has 3 aromatic rings. The van der Waals surface area contributed by atoms with Gasteiger partial charge in [0.25, 0.3) is 0 Å². The van der Waals surface area contributed by atoms with Gasteiger partial charge in [-0.2, -0.15) is 0 Å². The van der Waals surface area contributed by atoms with Gasteiger partial charge in [0.15, 0.2) is 5.78 Å². The highest BCUT2D eigenvalue weighted by molar-refractivity contribution is 5.91. The molecule has 0 unspecified atom stereocenters. The quantitative estimate of drug-likeness (QED) is 0.210. The summed E-state index contributed by atoms with van der Waals surface area (Å²) in [6, 6.07) is 21.5. The first-order valence-corrected chi connectivity index (χ1v) is 14.5. The summed E-state index contributed by atoms with van der Waals surface area (Å²) in [5, 5.41) is 3.49. The number of nitrogens with one attached hydrogen (secondary N) is 1. The van der Waals surface area contributed by atoms with Crippen molar-refractivity contribution in [1.29, 1.82) is 0 Å². The monoisotopic (exact) mass is 542 g/mol. The fourth-order valence-corrected chi connectivity index (χ4v) is 4.70. The maximum atomic E-state index is 13.7. The fraction of sp³-hybridized carbons (Fsp3) is 0.457. The zero-order chi connectivity index (χ0) is 29.0. The highest BCUT2D eigenvalue weighted by atomic mass is 16.5. The summed E-state index contributed by atoms with van der Waals surface area (Å²) in [4.78, 5) is 31.4. The van der Waals surface area contributed by atoms with Crippen LogP contribution in [0.2, 0.25) is 0 Å². The van der Waals surface area contributed by atoms with Crippen molar-refractivity contribution in [3.63, 3.8) is 0 Å². The molecule has 214 valence electrons. The van der Waals surface area contributed by atoms with Crippen LogP contribution in [0.15, 0.2) is 79.1 Å². The van der Waals surface area contributed by atoms with Crippen LogP contribution in [0.1, 0.15) is 70.6 Å². The van der Waals surface area contributed by atoms with Gasteiger partial charge in [0.05, 0.1) is 6.04 Å². The summed E-state index contributed by atoms with van der Waals surface area (Å²) in [5.41, 5.74) is 3.02. The van der Waals surface area contributed by atoms with Crippen molar-refractivity contribution in [3.8, 4) is 5.75 Å². The number of aromatic nitrogens is 1. The van der Waals surface area contributed by atoms with Crippen molar-refractivity contribution in [2.75, 3.05) is 6.54 Å². The lowest BCUT2D eigenvalue weighted by atomic mass is 9.81. The van der Waals surface area contributed by atoms with Crippen LogP contribution in [0.3, 0.4) is 0 Å². The van der Waals surface area contributed by atoms with E-state index in [0.29, 0.717) is 31.8 Å². The highest BCUT2D eigenvalue weighted by Gasteiger charge is 2.29. The third-order valence-corrected chi connectivity index (χ3v) is 6.92.